The molecule has 0 saturated carbocycles. The molecule has 3 amide bonds. The summed E-state index contributed by atoms with van der Waals surface area (Å²) in [6, 6.07) is 11.7. The average Bonchev–Trinajstić information content (AvgIpc) is 2.71. The molecular weight excluding hydrogens is 374 g/mol. The third kappa shape index (κ3) is 6.84. The number of carbonyl (C=O) groups is 3. The van der Waals surface area contributed by atoms with Crippen LogP contribution in [0.1, 0.15) is 35.7 Å². The molecule has 0 aliphatic rings. The molecule has 3 N–H and O–H groups in total. The first-order valence-corrected chi connectivity index (χ1v) is 9.19. The molecule has 0 spiro atoms. The smallest absolute Gasteiger partial charge is 0.276 e. The van der Waals surface area contributed by atoms with Gasteiger partial charge in [0.15, 0.2) is 18.1 Å². The summed E-state index contributed by atoms with van der Waals surface area (Å²) >= 11 is 0. The van der Waals surface area contributed by atoms with Crippen molar-refractivity contribution in [1.29, 1.82) is 0 Å². The van der Waals surface area contributed by atoms with Gasteiger partial charge in [-0.15, -0.1) is 0 Å². The highest BCUT2D eigenvalue weighted by molar-refractivity contribution is 5.96. The summed E-state index contributed by atoms with van der Waals surface area (Å²) in [6.07, 6.45) is 1.19. The number of amides is 3. The molecule has 0 aliphatic heterocycles. The van der Waals surface area contributed by atoms with Crippen molar-refractivity contribution >= 4 is 23.4 Å². The molecule has 0 bridgehead atoms. The van der Waals surface area contributed by atoms with Gasteiger partial charge in [0.2, 0.25) is 5.91 Å². The van der Waals surface area contributed by atoms with E-state index in [1.165, 1.54) is 7.11 Å². The molecule has 29 heavy (non-hydrogen) atoms. The monoisotopic (exact) mass is 399 g/mol. The zero-order valence-electron chi connectivity index (χ0n) is 16.7. The predicted molar refractivity (Wildman–Crippen MR) is 109 cm³/mol. The van der Waals surface area contributed by atoms with Crippen molar-refractivity contribution in [3.05, 3.63) is 53.6 Å². The van der Waals surface area contributed by atoms with E-state index in [2.05, 4.69) is 16.2 Å². The van der Waals surface area contributed by atoms with Gasteiger partial charge < -0.3 is 14.8 Å². The minimum Gasteiger partial charge on any atom is -0.493 e. The molecule has 0 radical (unpaired) electrons. The zero-order chi connectivity index (χ0) is 21.2. The van der Waals surface area contributed by atoms with Gasteiger partial charge in [0.1, 0.15) is 0 Å². The number of hydrogen-bond donors (Lipinski definition) is 3. The molecule has 2 aromatic rings. The topological polar surface area (TPSA) is 106 Å². The van der Waals surface area contributed by atoms with E-state index in [1.54, 1.807) is 36.4 Å². The standard InChI is InChI=1S/C21H25N3O5/c1-4-5-19(25)22-16-9-7-15(8-10-16)21(27)24-23-20(26)13-29-17-11-6-14(2)12-18(17)28-3/h6-12H,4-5,13H2,1-3H3,(H,22,25)(H,23,26)(H,24,27). The summed E-state index contributed by atoms with van der Waals surface area (Å²) in [6.45, 7) is 3.55. The van der Waals surface area contributed by atoms with Crippen molar-refractivity contribution in [3.8, 4) is 11.5 Å². The van der Waals surface area contributed by atoms with E-state index in [0.29, 0.717) is 29.2 Å². The lowest BCUT2D eigenvalue weighted by molar-refractivity contribution is -0.123. The number of ether oxygens (including phenoxy) is 2. The van der Waals surface area contributed by atoms with Crippen LogP contribution in [0.4, 0.5) is 5.69 Å². The summed E-state index contributed by atoms with van der Waals surface area (Å²) in [4.78, 5) is 35.6. The number of anilines is 1. The van der Waals surface area contributed by atoms with Gasteiger partial charge in [-0.05, 0) is 55.3 Å². The van der Waals surface area contributed by atoms with E-state index in [-0.39, 0.29) is 12.5 Å². The van der Waals surface area contributed by atoms with Gasteiger partial charge in [-0.25, -0.2) is 0 Å². The van der Waals surface area contributed by atoms with E-state index < -0.39 is 11.8 Å². The van der Waals surface area contributed by atoms with E-state index in [4.69, 9.17) is 9.47 Å². The summed E-state index contributed by atoms with van der Waals surface area (Å²) in [5.41, 5.74) is 6.54. The van der Waals surface area contributed by atoms with Crippen LogP contribution in [0, 0.1) is 6.92 Å². The molecule has 0 fully saturated rings. The van der Waals surface area contributed by atoms with Gasteiger partial charge in [-0.1, -0.05) is 13.0 Å². The van der Waals surface area contributed by atoms with Crippen LogP contribution in [-0.2, 0) is 9.59 Å². The van der Waals surface area contributed by atoms with Crippen LogP contribution >= 0.6 is 0 Å². The Kier molecular flexibility index (Phi) is 8.02. The fourth-order valence-corrected chi connectivity index (χ4v) is 2.43. The Bertz CT molecular complexity index is 865. The van der Waals surface area contributed by atoms with Crippen molar-refractivity contribution in [1.82, 2.24) is 10.9 Å². The third-order valence-electron chi connectivity index (χ3n) is 3.90. The predicted octanol–water partition coefficient (Wildman–Crippen LogP) is 2.58. The SMILES string of the molecule is CCCC(=O)Nc1ccc(C(=O)NNC(=O)COc2ccc(C)cc2OC)cc1. The zero-order valence-corrected chi connectivity index (χ0v) is 16.7. The highest BCUT2D eigenvalue weighted by Gasteiger charge is 2.10. The molecule has 0 unspecified atom stereocenters. The van der Waals surface area contributed by atoms with E-state index in [0.717, 1.165) is 12.0 Å². The number of hydrogen-bond acceptors (Lipinski definition) is 5. The fraction of sp³-hybridized carbons (Fsp3) is 0.286. The van der Waals surface area contributed by atoms with Crippen LogP contribution in [0.25, 0.3) is 0 Å². The summed E-state index contributed by atoms with van der Waals surface area (Å²) in [5.74, 6) is -0.141. The molecule has 0 saturated heterocycles. The maximum atomic E-state index is 12.1. The number of nitrogens with one attached hydrogen (secondary N) is 3. The molecule has 154 valence electrons. The Morgan fingerprint density at radius 1 is 0.931 bits per heavy atom. The Hall–Kier alpha value is -3.55. The van der Waals surface area contributed by atoms with Crippen LogP contribution in [0.5, 0.6) is 11.5 Å². The first-order valence-electron chi connectivity index (χ1n) is 9.19. The number of benzene rings is 2. The average molecular weight is 399 g/mol. The quantitative estimate of drug-likeness (QED) is 0.592. The Balaban J connectivity index is 1.81. The minimum absolute atomic E-state index is 0.0813. The summed E-state index contributed by atoms with van der Waals surface area (Å²) < 4.78 is 10.6. The van der Waals surface area contributed by atoms with Crippen molar-refractivity contribution in [2.75, 3.05) is 19.0 Å². The molecule has 8 nitrogen and oxygen atoms in total. The van der Waals surface area contributed by atoms with E-state index in [9.17, 15) is 14.4 Å². The minimum atomic E-state index is -0.524. The van der Waals surface area contributed by atoms with Gasteiger partial charge >= 0.3 is 0 Å². The summed E-state index contributed by atoms with van der Waals surface area (Å²) in [5, 5.41) is 2.74. The molecule has 0 atom stereocenters. The number of aryl methyl sites for hydroxylation is 1. The molecule has 0 aromatic heterocycles. The first-order chi connectivity index (χ1) is 13.9. The highest BCUT2D eigenvalue weighted by atomic mass is 16.5. The molecular formula is C21H25N3O5. The maximum absolute atomic E-state index is 12.1. The van der Waals surface area contributed by atoms with Crippen LogP contribution in [0.15, 0.2) is 42.5 Å². The summed E-state index contributed by atoms with van der Waals surface area (Å²) in [7, 11) is 1.52. The molecule has 8 heteroatoms. The number of methoxy groups -OCH3 is 1. The second kappa shape index (κ2) is 10.7. The van der Waals surface area contributed by atoms with Crippen molar-refractivity contribution < 1.29 is 23.9 Å². The van der Waals surface area contributed by atoms with E-state index >= 15 is 0 Å². The van der Waals surface area contributed by atoms with Crippen molar-refractivity contribution in [2.24, 2.45) is 0 Å². The largest absolute Gasteiger partial charge is 0.493 e. The van der Waals surface area contributed by atoms with Gasteiger partial charge in [0, 0.05) is 17.7 Å². The molecule has 2 rings (SSSR count). The van der Waals surface area contributed by atoms with Gasteiger partial charge in [0.25, 0.3) is 11.8 Å². The maximum Gasteiger partial charge on any atom is 0.276 e. The van der Waals surface area contributed by atoms with Crippen LogP contribution in [0.3, 0.4) is 0 Å². The van der Waals surface area contributed by atoms with Crippen LogP contribution < -0.4 is 25.6 Å². The Morgan fingerprint density at radius 3 is 2.31 bits per heavy atom. The normalized spacial score (nSPS) is 10.0. The van der Waals surface area contributed by atoms with Crippen molar-refractivity contribution in [2.45, 2.75) is 26.7 Å². The number of carbonyl (C=O) groups excluding carboxylic acids is 3. The van der Waals surface area contributed by atoms with Gasteiger partial charge in [0.05, 0.1) is 7.11 Å². The number of rotatable bonds is 8. The highest BCUT2D eigenvalue weighted by Crippen LogP contribution is 2.27. The second-order valence-corrected chi connectivity index (χ2v) is 6.32. The Labute approximate surface area is 169 Å². The first kappa shape index (κ1) is 21.7. The second-order valence-electron chi connectivity index (χ2n) is 6.32. The Morgan fingerprint density at radius 2 is 1.66 bits per heavy atom. The molecule has 0 aliphatic carbocycles. The number of hydrazine groups is 1. The van der Waals surface area contributed by atoms with Gasteiger partial charge in [-0.3, -0.25) is 25.2 Å². The van der Waals surface area contributed by atoms with Crippen molar-refractivity contribution in [3.63, 3.8) is 0 Å². The lowest BCUT2D eigenvalue weighted by atomic mass is 10.2. The molecule has 2 aromatic carbocycles. The van der Waals surface area contributed by atoms with E-state index in [1.807, 2.05) is 19.9 Å². The molecule has 0 heterocycles. The lowest BCUT2D eigenvalue weighted by Crippen LogP contribution is -2.43. The van der Waals surface area contributed by atoms with Crippen LogP contribution in [0.2, 0.25) is 0 Å². The van der Waals surface area contributed by atoms with Gasteiger partial charge in [-0.2, -0.15) is 0 Å². The fourth-order valence-electron chi connectivity index (χ4n) is 2.43. The lowest BCUT2D eigenvalue weighted by Gasteiger charge is -2.12. The van der Waals surface area contributed by atoms with Crippen LogP contribution in [-0.4, -0.2) is 31.4 Å². The third-order valence-corrected chi connectivity index (χ3v) is 3.90.